The predicted octanol–water partition coefficient (Wildman–Crippen LogP) is 3.67. The lowest BCUT2D eigenvalue weighted by Crippen LogP contribution is -2.39. The Balaban J connectivity index is 1.31. The third-order valence-electron chi connectivity index (χ3n) is 5.89. The smallest absolute Gasteiger partial charge is 0.254 e. The number of piperidine rings is 1. The number of amides is 1. The summed E-state index contributed by atoms with van der Waals surface area (Å²) in [5.74, 6) is 0.0910. The van der Waals surface area contributed by atoms with Gasteiger partial charge in [0, 0.05) is 31.0 Å². The number of hydrogen-bond acceptors (Lipinski definition) is 4. The van der Waals surface area contributed by atoms with Gasteiger partial charge in [0.2, 0.25) is 0 Å². The molecule has 2 aromatic heterocycles. The van der Waals surface area contributed by atoms with E-state index >= 15 is 0 Å². The van der Waals surface area contributed by atoms with Crippen LogP contribution in [0.5, 0.6) is 0 Å². The fourth-order valence-corrected chi connectivity index (χ4v) is 4.20. The van der Waals surface area contributed by atoms with Crippen LogP contribution in [-0.4, -0.2) is 48.4 Å². The maximum atomic E-state index is 13.3. The van der Waals surface area contributed by atoms with Gasteiger partial charge in [-0.1, -0.05) is 42.5 Å². The van der Waals surface area contributed by atoms with Crippen molar-refractivity contribution in [3.05, 3.63) is 90.8 Å². The lowest BCUT2D eigenvalue weighted by atomic mass is 9.96. The average molecular weight is 412 g/mol. The van der Waals surface area contributed by atoms with Crippen LogP contribution in [0.2, 0.25) is 0 Å². The number of hydrogen-bond donors (Lipinski definition) is 0. The fourth-order valence-electron chi connectivity index (χ4n) is 4.20. The summed E-state index contributed by atoms with van der Waals surface area (Å²) in [7, 11) is 0. The van der Waals surface area contributed by atoms with Crippen LogP contribution >= 0.6 is 0 Å². The molecule has 0 unspecified atom stereocenters. The first-order chi connectivity index (χ1) is 15.3. The van der Waals surface area contributed by atoms with Crippen molar-refractivity contribution >= 4 is 5.91 Å². The highest BCUT2D eigenvalue weighted by molar-refractivity contribution is 6.01. The molecule has 1 saturated heterocycles. The lowest BCUT2D eigenvalue weighted by Gasteiger charge is -2.32. The molecule has 7 heteroatoms. The van der Waals surface area contributed by atoms with Crippen LogP contribution < -0.4 is 0 Å². The molecule has 7 nitrogen and oxygen atoms in total. The molecule has 0 N–H and O–H groups in total. The molecule has 4 aromatic rings. The zero-order valence-corrected chi connectivity index (χ0v) is 17.2. The first kappa shape index (κ1) is 19.2. The second-order valence-corrected chi connectivity index (χ2v) is 7.85. The molecule has 0 spiro atoms. The molecular weight excluding hydrogens is 388 g/mol. The number of nitrogens with zero attached hydrogens (tertiary/aromatic N) is 6. The van der Waals surface area contributed by atoms with Gasteiger partial charge < -0.3 is 4.90 Å². The molecule has 156 valence electrons. The number of likely N-dealkylation sites (tertiary alicyclic amines) is 1. The van der Waals surface area contributed by atoms with Crippen molar-refractivity contribution in [1.82, 2.24) is 29.4 Å². The van der Waals surface area contributed by atoms with Gasteiger partial charge in [0.15, 0.2) is 0 Å². The van der Waals surface area contributed by atoms with E-state index < -0.39 is 0 Å². The van der Waals surface area contributed by atoms with Gasteiger partial charge in [-0.15, -0.1) is 0 Å². The molecule has 0 radical (unpaired) electrons. The quantitative estimate of drug-likeness (QED) is 0.502. The van der Waals surface area contributed by atoms with Gasteiger partial charge in [0.1, 0.15) is 12.7 Å². The number of carbonyl (C=O) groups excluding carboxylic acids is 1. The van der Waals surface area contributed by atoms with Gasteiger partial charge in [-0.25, -0.2) is 9.67 Å². The van der Waals surface area contributed by atoms with Crippen LogP contribution in [0.4, 0.5) is 0 Å². The van der Waals surface area contributed by atoms with Crippen molar-refractivity contribution in [1.29, 1.82) is 0 Å². The molecule has 31 heavy (non-hydrogen) atoms. The van der Waals surface area contributed by atoms with E-state index in [1.807, 2.05) is 50.8 Å². The summed E-state index contributed by atoms with van der Waals surface area (Å²) < 4.78 is 3.80. The van der Waals surface area contributed by atoms with Gasteiger partial charge in [0.25, 0.3) is 5.91 Å². The highest BCUT2D eigenvalue weighted by Gasteiger charge is 2.26. The van der Waals surface area contributed by atoms with Crippen LogP contribution in [0, 0.1) is 0 Å². The van der Waals surface area contributed by atoms with Crippen molar-refractivity contribution in [2.45, 2.75) is 25.4 Å². The third-order valence-corrected chi connectivity index (χ3v) is 5.89. The lowest BCUT2D eigenvalue weighted by molar-refractivity contribution is 0.0690. The highest BCUT2D eigenvalue weighted by Crippen LogP contribution is 2.28. The van der Waals surface area contributed by atoms with Crippen LogP contribution in [0.1, 0.15) is 34.8 Å². The molecule has 1 amide bonds. The molecule has 2 aromatic carbocycles. The minimum atomic E-state index is 0.0910. The van der Waals surface area contributed by atoms with E-state index in [4.69, 9.17) is 0 Å². The zero-order chi connectivity index (χ0) is 21.0. The summed E-state index contributed by atoms with van der Waals surface area (Å²) in [5.41, 5.74) is 3.94. The van der Waals surface area contributed by atoms with E-state index in [0.717, 1.165) is 49.2 Å². The summed E-state index contributed by atoms with van der Waals surface area (Å²) in [6.07, 6.45) is 8.83. The second kappa shape index (κ2) is 8.55. The first-order valence-corrected chi connectivity index (χ1v) is 10.6. The second-order valence-electron chi connectivity index (χ2n) is 7.85. The Morgan fingerprint density at radius 3 is 2.48 bits per heavy atom. The van der Waals surface area contributed by atoms with Crippen molar-refractivity contribution < 1.29 is 4.79 Å². The molecule has 5 rings (SSSR count). The maximum Gasteiger partial charge on any atom is 0.254 e. The molecule has 1 aliphatic rings. The van der Waals surface area contributed by atoms with E-state index in [1.165, 1.54) is 5.56 Å². The van der Waals surface area contributed by atoms with Gasteiger partial charge >= 0.3 is 0 Å². The molecule has 0 atom stereocenters. The Bertz CT molecular complexity index is 1130. The normalized spacial score (nSPS) is 14.6. The molecule has 0 saturated carbocycles. The number of benzene rings is 2. The summed E-state index contributed by atoms with van der Waals surface area (Å²) in [6.45, 7) is 2.18. The molecule has 0 aliphatic carbocycles. The van der Waals surface area contributed by atoms with Crippen molar-refractivity contribution in [2.24, 2.45) is 0 Å². The summed E-state index contributed by atoms with van der Waals surface area (Å²) in [4.78, 5) is 19.3. The minimum Gasteiger partial charge on any atom is -0.338 e. The third kappa shape index (κ3) is 4.12. The van der Waals surface area contributed by atoms with E-state index in [-0.39, 0.29) is 5.91 Å². The maximum absolute atomic E-state index is 13.3. The fraction of sp³-hybridized carbons (Fsp3) is 0.250. The molecule has 0 bridgehead atoms. The number of carbonyl (C=O) groups is 1. The van der Waals surface area contributed by atoms with Crippen LogP contribution in [0.15, 0.2) is 79.6 Å². The number of rotatable bonds is 5. The monoisotopic (exact) mass is 412 g/mol. The summed E-state index contributed by atoms with van der Waals surface area (Å²) >= 11 is 0. The van der Waals surface area contributed by atoms with E-state index in [2.05, 4.69) is 39.4 Å². The van der Waals surface area contributed by atoms with Gasteiger partial charge in [-0.3, -0.25) is 9.48 Å². The minimum absolute atomic E-state index is 0.0910. The Morgan fingerprint density at radius 1 is 0.968 bits per heavy atom. The van der Waals surface area contributed by atoms with Gasteiger partial charge in [-0.05, 0) is 41.7 Å². The Labute approximate surface area is 181 Å². The van der Waals surface area contributed by atoms with E-state index in [0.29, 0.717) is 6.04 Å². The standard InChI is InChI=1S/C24H24N6O/c31-24(28-14-10-21(11-15-28)30-18-25-17-27-30)23-5-2-1-4-22(23)20-8-6-19(7-9-20)16-29-13-3-12-26-29/h1-9,12-13,17-18,21H,10-11,14-16H2. The van der Waals surface area contributed by atoms with Crippen molar-refractivity contribution in [3.8, 4) is 11.1 Å². The Morgan fingerprint density at radius 2 is 1.77 bits per heavy atom. The molecular formula is C24H24N6O. The Kier molecular flexibility index (Phi) is 5.31. The van der Waals surface area contributed by atoms with Gasteiger partial charge in [0.05, 0.1) is 12.6 Å². The van der Waals surface area contributed by atoms with Crippen LogP contribution in [-0.2, 0) is 6.54 Å². The first-order valence-electron chi connectivity index (χ1n) is 10.6. The topological polar surface area (TPSA) is 68.8 Å². The van der Waals surface area contributed by atoms with E-state index in [9.17, 15) is 4.79 Å². The Hall–Kier alpha value is -3.74. The van der Waals surface area contributed by atoms with Gasteiger partial charge in [-0.2, -0.15) is 10.2 Å². The summed E-state index contributed by atoms with van der Waals surface area (Å²) in [5, 5.41) is 8.51. The molecule has 3 heterocycles. The zero-order valence-electron chi connectivity index (χ0n) is 17.2. The SMILES string of the molecule is O=C(c1ccccc1-c1ccc(Cn2cccn2)cc1)N1CCC(n2cncn2)CC1. The van der Waals surface area contributed by atoms with Crippen LogP contribution in [0.25, 0.3) is 11.1 Å². The van der Waals surface area contributed by atoms with E-state index in [1.54, 1.807) is 18.9 Å². The molecule has 1 fully saturated rings. The van der Waals surface area contributed by atoms with Crippen molar-refractivity contribution in [3.63, 3.8) is 0 Å². The largest absolute Gasteiger partial charge is 0.338 e. The average Bonchev–Trinajstić information content (AvgIpc) is 3.54. The predicted molar refractivity (Wildman–Crippen MR) is 117 cm³/mol. The van der Waals surface area contributed by atoms with Crippen molar-refractivity contribution in [2.75, 3.05) is 13.1 Å². The van der Waals surface area contributed by atoms with Crippen LogP contribution in [0.3, 0.4) is 0 Å². The molecule has 1 aliphatic heterocycles. The number of aromatic nitrogens is 5. The summed E-state index contributed by atoms with van der Waals surface area (Å²) in [6, 6.07) is 18.5. The highest BCUT2D eigenvalue weighted by atomic mass is 16.2.